The summed E-state index contributed by atoms with van der Waals surface area (Å²) in [5.74, 6) is -0.107. The number of carbonyl (C=O) groups excluding carboxylic acids is 1. The lowest BCUT2D eigenvalue weighted by atomic mass is 10.1. The Balaban J connectivity index is 1.88. The highest BCUT2D eigenvalue weighted by atomic mass is 16.6. The fourth-order valence-corrected chi connectivity index (χ4v) is 2.87. The van der Waals surface area contributed by atoms with Crippen molar-refractivity contribution in [3.8, 4) is 5.69 Å². The topological polar surface area (TPSA) is 83.0 Å². The van der Waals surface area contributed by atoms with E-state index in [1.165, 1.54) is 18.2 Å². The number of benzene rings is 1. The molecule has 0 fully saturated rings. The molecule has 132 valence electrons. The summed E-state index contributed by atoms with van der Waals surface area (Å²) >= 11 is 0. The lowest BCUT2D eigenvalue weighted by molar-refractivity contribution is -0.384. The van der Waals surface area contributed by atoms with E-state index in [9.17, 15) is 14.9 Å². The number of hydrogen-bond acceptors (Lipinski definition) is 4. The van der Waals surface area contributed by atoms with Gasteiger partial charge < -0.3 is 4.57 Å². The maximum Gasteiger partial charge on any atom is 0.269 e. The Hall–Kier alpha value is -3.48. The van der Waals surface area contributed by atoms with Gasteiger partial charge in [-0.25, -0.2) is 0 Å². The van der Waals surface area contributed by atoms with E-state index >= 15 is 0 Å². The first-order chi connectivity index (χ1) is 12.4. The normalized spacial score (nSPS) is 11.2. The monoisotopic (exact) mass is 350 g/mol. The third-order valence-corrected chi connectivity index (χ3v) is 4.28. The molecule has 0 unspecified atom stereocenters. The highest BCUT2D eigenvalue weighted by Crippen LogP contribution is 2.19. The van der Waals surface area contributed by atoms with E-state index < -0.39 is 4.92 Å². The van der Waals surface area contributed by atoms with Crippen LogP contribution in [0.15, 0.2) is 48.7 Å². The lowest BCUT2D eigenvalue weighted by Gasteiger charge is -2.06. The molecule has 0 aliphatic rings. The SMILES string of the molecule is Cc1nn(C)c(C)c1C(=O)/C=C/c1cccn1-c1ccc([N+](=O)[O-])cc1. The largest absolute Gasteiger partial charge is 0.317 e. The highest BCUT2D eigenvalue weighted by molar-refractivity contribution is 6.08. The van der Waals surface area contributed by atoms with Gasteiger partial charge >= 0.3 is 0 Å². The van der Waals surface area contributed by atoms with Crippen LogP contribution < -0.4 is 0 Å². The van der Waals surface area contributed by atoms with Crippen LogP contribution in [0.1, 0.15) is 27.4 Å². The molecule has 26 heavy (non-hydrogen) atoms. The number of carbonyl (C=O) groups is 1. The zero-order valence-electron chi connectivity index (χ0n) is 14.7. The van der Waals surface area contributed by atoms with Gasteiger partial charge in [-0.15, -0.1) is 0 Å². The van der Waals surface area contributed by atoms with Crippen LogP contribution in [-0.2, 0) is 7.05 Å². The fraction of sp³-hybridized carbons (Fsp3) is 0.158. The molecule has 0 amide bonds. The molecule has 0 aliphatic carbocycles. The first-order valence-corrected chi connectivity index (χ1v) is 8.03. The van der Waals surface area contributed by atoms with Crippen LogP contribution in [0.4, 0.5) is 5.69 Å². The number of nitrogens with zero attached hydrogens (tertiary/aromatic N) is 4. The number of aromatic nitrogens is 3. The van der Waals surface area contributed by atoms with Crippen molar-refractivity contribution in [3.05, 3.63) is 81.4 Å². The minimum Gasteiger partial charge on any atom is -0.317 e. The predicted molar refractivity (Wildman–Crippen MR) is 98.5 cm³/mol. The average Bonchev–Trinajstić information content (AvgIpc) is 3.17. The predicted octanol–water partition coefficient (Wildman–Crippen LogP) is 3.63. The minimum atomic E-state index is -0.433. The standard InChI is InChI=1S/C19H18N4O3/c1-13-19(14(2)21(3)20-13)18(24)11-10-15-5-4-12-22(15)16-6-8-17(9-7-16)23(25)26/h4-12H,1-3H3/b11-10+. The third kappa shape index (κ3) is 3.19. The maximum absolute atomic E-state index is 12.5. The van der Waals surface area contributed by atoms with Crippen LogP contribution in [0.2, 0.25) is 0 Å². The Bertz CT molecular complexity index is 1010. The summed E-state index contributed by atoms with van der Waals surface area (Å²) in [4.78, 5) is 22.9. The van der Waals surface area contributed by atoms with Crippen molar-refractivity contribution in [3.63, 3.8) is 0 Å². The van der Waals surface area contributed by atoms with Crippen molar-refractivity contribution in [1.29, 1.82) is 0 Å². The number of ketones is 1. The van der Waals surface area contributed by atoms with Crippen molar-refractivity contribution >= 4 is 17.5 Å². The molecule has 1 aromatic carbocycles. The Morgan fingerprint density at radius 2 is 1.88 bits per heavy atom. The molecular weight excluding hydrogens is 332 g/mol. The van der Waals surface area contributed by atoms with Crippen molar-refractivity contribution in [2.24, 2.45) is 7.05 Å². The summed E-state index contributed by atoms with van der Waals surface area (Å²) < 4.78 is 3.55. The average molecular weight is 350 g/mol. The smallest absolute Gasteiger partial charge is 0.269 e. The molecule has 0 saturated carbocycles. The Labute approximate surface area is 150 Å². The zero-order chi connectivity index (χ0) is 18.8. The van der Waals surface area contributed by atoms with E-state index in [4.69, 9.17) is 0 Å². The lowest BCUT2D eigenvalue weighted by Crippen LogP contribution is -2.00. The molecule has 0 radical (unpaired) electrons. The van der Waals surface area contributed by atoms with Crippen LogP contribution in [-0.4, -0.2) is 25.1 Å². The van der Waals surface area contributed by atoms with Gasteiger partial charge in [0.05, 0.1) is 16.2 Å². The maximum atomic E-state index is 12.5. The highest BCUT2D eigenvalue weighted by Gasteiger charge is 2.15. The van der Waals surface area contributed by atoms with E-state index in [-0.39, 0.29) is 11.5 Å². The van der Waals surface area contributed by atoms with Gasteiger partial charge in [0.1, 0.15) is 0 Å². The van der Waals surface area contributed by atoms with Gasteiger partial charge in [-0.3, -0.25) is 19.6 Å². The summed E-state index contributed by atoms with van der Waals surface area (Å²) in [5, 5.41) is 15.0. The van der Waals surface area contributed by atoms with Crippen LogP contribution >= 0.6 is 0 Å². The van der Waals surface area contributed by atoms with E-state index in [1.807, 2.05) is 43.8 Å². The number of hydrogen-bond donors (Lipinski definition) is 0. The summed E-state index contributed by atoms with van der Waals surface area (Å²) in [6, 6.07) is 9.98. The summed E-state index contributed by atoms with van der Waals surface area (Å²) in [7, 11) is 1.81. The van der Waals surface area contributed by atoms with E-state index in [1.54, 1.807) is 22.9 Å². The molecule has 3 aromatic rings. The molecule has 0 aliphatic heterocycles. The van der Waals surface area contributed by atoms with E-state index in [2.05, 4.69) is 5.10 Å². The molecule has 0 bridgehead atoms. The van der Waals surface area contributed by atoms with Crippen LogP contribution in [0.3, 0.4) is 0 Å². The molecule has 2 aromatic heterocycles. The quantitative estimate of drug-likeness (QED) is 0.304. The Morgan fingerprint density at radius 3 is 2.46 bits per heavy atom. The molecular formula is C19H18N4O3. The van der Waals surface area contributed by atoms with Crippen molar-refractivity contribution in [1.82, 2.24) is 14.3 Å². The molecule has 0 saturated heterocycles. The van der Waals surface area contributed by atoms with Crippen LogP contribution in [0.25, 0.3) is 11.8 Å². The van der Waals surface area contributed by atoms with Gasteiger partial charge in [0.15, 0.2) is 5.78 Å². The molecule has 7 nitrogen and oxygen atoms in total. The van der Waals surface area contributed by atoms with Gasteiger partial charge in [0, 0.05) is 42.5 Å². The first-order valence-electron chi connectivity index (χ1n) is 8.03. The Kier molecular flexibility index (Phi) is 4.53. The summed E-state index contributed by atoms with van der Waals surface area (Å²) in [6.07, 6.45) is 5.09. The van der Waals surface area contributed by atoms with Crippen LogP contribution in [0.5, 0.6) is 0 Å². The molecule has 0 spiro atoms. The third-order valence-electron chi connectivity index (χ3n) is 4.28. The van der Waals surface area contributed by atoms with Gasteiger partial charge in [-0.05, 0) is 50.3 Å². The second kappa shape index (κ2) is 6.79. The number of rotatable bonds is 5. The molecule has 0 atom stereocenters. The number of nitro benzene ring substituents is 1. The molecule has 3 rings (SSSR count). The number of non-ortho nitro benzene ring substituents is 1. The zero-order valence-corrected chi connectivity index (χ0v) is 14.7. The number of aryl methyl sites for hydroxylation is 2. The second-order valence-corrected chi connectivity index (χ2v) is 5.94. The molecule has 7 heteroatoms. The Morgan fingerprint density at radius 1 is 1.19 bits per heavy atom. The van der Waals surface area contributed by atoms with E-state index in [0.717, 1.165) is 17.1 Å². The number of allylic oxidation sites excluding steroid dienone is 1. The van der Waals surface area contributed by atoms with Gasteiger partial charge in [-0.2, -0.15) is 5.10 Å². The number of nitro groups is 1. The summed E-state index contributed by atoms with van der Waals surface area (Å²) in [6.45, 7) is 3.67. The van der Waals surface area contributed by atoms with Crippen molar-refractivity contribution in [2.75, 3.05) is 0 Å². The van der Waals surface area contributed by atoms with Crippen molar-refractivity contribution < 1.29 is 9.72 Å². The van der Waals surface area contributed by atoms with Gasteiger partial charge in [0.2, 0.25) is 0 Å². The van der Waals surface area contributed by atoms with Gasteiger partial charge in [-0.1, -0.05) is 0 Å². The first kappa shape index (κ1) is 17.3. The van der Waals surface area contributed by atoms with Crippen LogP contribution in [0, 0.1) is 24.0 Å². The second-order valence-electron chi connectivity index (χ2n) is 5.94. The summed E-state index contributed by atoms with van der Waals surface area (Å²) in [5.41, 5.74) is 3.74. The van der Waals surface area contributed by atoms with E-state index in [0.29, 0.717) is 11.3 Å². The molecule has 0 N–H and O–H groups in total. The van der Waals surface area contributed by atoms with Gasteiger partial charge in [0.25, 0.3) is 5.69 Å². The minimum absolute atomic E-state index is 0.0377. The molecule has 2 heterocycles. The fourth-order valence-electron chi connectivity index (χ4n) is 2.87. The van der Waals surface area contributed by atoms with Crippen molar-refractivity contribution in [2.45, 2.75) is 13.8 Å².